The molecule has 0 spiro atoms. The second-order valence-corrected chi connectivity index (χ2v) is 4.56. The van der Waals surface area contributed by atoms with Crippen molar-refractivity contribution in [3.63, 3.8) is 0 Å². The van der Waals surface area contributed by atoms with Gasteiger partial charge in [0, 0.05) is 32.4 Å². The number of aryl methyl sites for hydroxylation is 1. The summed E-state index contributed by atoms with van der Waals surface area (Å²) in [6, 6.07) is 8.70. The van der Waals surface area contributed by atoms with E-state index in [1.807, 2.05) is 17.5 Å². The van der Waals surface area contributed by atoms with Gasteiger partial charge in [-0.15, -0.1) is 11.3 Å². The van der Waals surface area contributed by atoms with Gasteiger partial charge in [-0.3, -0.25) is 0 Å². The summed E-state index contributed by atoms with van der Waals surface area (Å²) in [7, 11) is 0. The Bertz CT molecular complexity index is 532. The third-order valence-electron chi connectivity index (χ3n) is 2.34. The number of fused-ring (bicyclic) bond motifs is 3. The summed E-state index contributed by atoms with van der Waals surface area (Å²) in [4.78, 5) is 4.64. The molecule has 0 saturated heterocycles. The second kappa shape index (κ2) is 2.36. The van der Waals surface area contributed by atoms with Crippen LogP contribution in [0.2, 0.25) is 0 Å². The SMILES string of the molecule is Cc1cc2c3ccc[nH]c-3cc2s1. The molecule has 0 atom stereocenters. The van der Waals surface area contributed by atoms with Crippen LogP contribution in [-0.2, 0) is 0 Å². The van der Waals surface area contributed by atoms with Gasteiger partial charge in [0.05, 0.1) is 0 Å². The van der Waals surface area contributed by atoms with Gasteiger partial charge in [-0.05, 0) is 25.1 Å². The predicted molar refractivity (Wildman–Crippen MR) is 57.5 cm³/mol. The molecule has 2 heteroatoms. The molecule has 3 rings (SSSR count). The Morgan fingerprint density at radius 1 is 1.31 bits per heavy atom. The van der Waals surface area contributed by atoms with E-state index in [0.29, 0.717) is 0 Å². The Hall–Kier alpha value is -1.28. The van der Waals surface area contributed by atoms with E-state index < -0.39 is 0 Å². The van der Waals surface area contributed by atoms with Crippen LogP contribution in [0.4, 0.5) is 0 Å². The first-order valence-corrected chi connectivity index (χ1v) is 5.12. The number of hydrogen-bond acceptors (Lipinski definition) is 1. The number of aromatic amines is 1. The summed E-state index contributed by atoms with van der Waals surface area (Å²) in [5.41, 5.74) is 2.57. The first-order chi connectivity index (χ1) is 6.34. The minimum Gasteiger partial charge on any atom is -0.361 e. The molecular formula is C11H9NS. The fourth-order valence-corrected chi connectivity index (χ4v) is 2.76. The van der Waals surface area contributed by atoms with Crippen molar-refractivity contribution < 1.29 is 0 Å². The molecule has 2 heterocycles. The Labute approximate surface area is 80.4 Å². The van der Waals surface area contributed by atoms with Crippen molar-refractivity contribution in [2.24, 2.45) is 0 Å². The molecule has 1 aliphatic carbocycles. The van der Waals surface area contributed by atoms with E-state index in [1.165, 1.54) is 26.2 Å². The highest BCUT2D eigenvalue weighted by Crippen LogP contribution is 2.37. The number of aromatic nitrogens is 1. The lowest BCUT2D eigenvalue weighted by molar-refractivity contribution is 1.34. The predicted octanol–water partition coefficient (Wildman–Crippen LogP) is 3.64. The van der Waals surface area contributed by atoms with Crippen molar-refractivity contribution >= 4 is 21.4 Å². The zero-order valence-corrected chi connectivity index (χ0v) is 8.11. The lowest BCUT2D eigenvalue weighted by atomic mass is 10.2. The topological polar surface area (TPSA) is 15.8 Å². The van der Waals surface area contributed by atoms with E-state index in [0.717, 1.165) is 0 Å². The van der Waals surface area contributed by atoms with Gasteiger partial charge >= 0.3 is 0 Å². The third-order valence-corrected chi connectivity index (χ3v) is 3.34. The molecule has 2 aliphatic rings. The van der Waals surface area contributed by atoms with Crippen LogP contribution in [0.3, 0.4) is 0 Å². The number of rotatable bonds is 0. The van der Waals surface area contributed by atoms with Gasteiger partial charge in [-0.25, -0.2) is 0 Å². The van der Waals surface area contributed by atoms with Gasteiger partial charge in [-0.2, -0.15) is 0 Å². The van der Waals surface area contributed by atoms with Gasteiger partial charge in [0.1, 0.15) is 0 Å². The zero-order chi connectivity index (χ0) is 8.84. The van der Waals surface area contributed by atoms with Gasteiger partial charge in [0.2, 0.25) is 0 Å². The second-order valence-electron chi connectivity index (χ2n) is 3.28. The van der Waals surface area contributed by atoms with Crippen molar-refractivity contribution in [2.45, 2.75) is 6.92 Å². The van der Waals surface area contributed by atoms with E-state index in [-0.39, 0.29) is 0 Å². The summed E-state index contributed by atoms with van der Waals surface area (Å²) < 4.78 is 1.38. The summed E-state index contributed by atoms with van der Waals surface area (Å²) in [5.74, 6) is 0. The van der Waals surface area contributed by atoms with Crippen molar-refractivity contribution in [3.8, 4) is 11.3 Å². The highest BCUT2D eigenvalue weighted by molar-refractivity contribution is 7.19. The van der Waals surface area contributed by atoms with Crippen molar-refractivity contribution in [3.05, 3.63) is 35.3 Å². The van der Waals surface area contributed by atoms with Crippen molar-refractivity contribution in [2.75, 3.05) is 0 Å². The third kappa shape index (κ3) is 0.923. The molecule has 1 nitrogen and oxygen atoms in total. The van der Waals surface area contributed by atoms with E-state index in [4.69, 9.17) is 0 Å². The Kier molecular flexibility index (Phi) is 1.30. The van der Waals surface area contributed by atoms with Crippen LogP contribution in [0.1, 0.15) is 4.88 Å². The van der Waals surface area contributed by atoms with Crippen LogP contribution in [0.15, 0.2) is 30.5 Å². The van der Waals surface area contributed by atoms with Crippen LogP contribution in [0.25, 0.3) is 21.3 Å². The van der Waals surface area contributed by atoms with Gasteiger partial charge in [0.25, 0.3) is 0 Å². The van der Waals surface area contributed by atoms with Gasteiger partial charge < -0.3 is 4.98 Å². The van der Waals surface area contributed by atoms with E-state index >= 15 is 0 Å². The Balaban J connectivity index is 2.53. The first kappa shape index (κ1) is 7.15. The van der Waals surface area contributed by atoms with Crippen LogP contribution in [-0.4, -0.2) is 4.98 Å². The molecule has 0 fully saturated rings. The number of H-pyrrole nitrogens is 1. The average Bonchev–Trinajstić information content (AvgIpc) is 2.60. The first-order valence-electron chi connectivity index (χ1n) is 4.31. The fourth-order valence-electron chi connectivity index (χ4n) is 1.79. The minimum atomic E-state index is 1.24. The maximum absolute atomic E-state index is 3.25. The minimum absolute atomic E-state index is 1.24. The number of thiophene rings is 1. The number of hydrogen-bond donors (Lipinski definition) is 1. The quantitative estimate of drug-likeness (QED) is 0.553. The summed E-state index contributed by atoms with van der Waals surface area (Å²) in [6.07, 6.45) is 1.97. The van der Waals surface area contributed by atoms with Crippen LogP contribution in [0, 0.1) is 6.92 Å². The average molecular weight is 187 g/mol. The summed E-state index contributed by atoms with van der Waals surface area (Å²) >= 11 is 1.86. The molecule has 1 aromatic rings. The summed E-state index contributed by atoms with van der Waals surface area (Å²) in [5, 5.41) is 1.38. The maximum atomic E-state index is 3.25. The normalized spacial score (nSPS) is 11.5. The van der Waals surface area contributed by atoms with Crippen molar-refractivity contribution in [1.82, 2.24) is 4.98 Å². The lowest BCUT2D eigenvalue weighted by Crippen LogP contribution is -1.76. The summed E-state index contributed by atoms with van der Waals surface area (Å²) in [6.45, 7) is 2.16. The lowest BCUT2D eigenvalue weighted by Gasteiger charge is -1.96. The van der Waals surface area contributed by atoms with Crippen LogP contribution < -0.4 is 0 Å². The van der Waals surface area contributed by atoms with Gasteiger partial charge in [-0.1, -0.05) is 6.07 Å². The molecular weight excluding hydrogens is 178 g/mol. The molecule has 0 bridgehead atoms. The Morgan fingerprint density at radius 3 is 3.15 bits per heavy atom. The van der Waals surface area contributed by atoms with Crippen molar-refractivity contribution in [1.29, 1.82) is 0 Å². The van der Waals surface area contributed by atoms with E-state index in [1.54, 1.807) is 0 Å². The monoisotopic (exact) mass is 187 g/mol. The standard InChI is InChI=1S/C11H9NS/c1-7-5-9-8-3-2-4-12-10(8)6-11(9)13-7/h2-6,12H,1H3. The number of pyridine rings is 1. The van der Waals surface area contributed by atoms with E-state index in [2.05, 4.69) is 36.2 Å². The van der Waals surface area contributed by atoms with Crippen LogP contribution in [0.5, 0.6) is 0 Å². The van der Waals surface area contributed by atoms with E-state index in [9.17, 15) is 0 Å². The maximum Gasteiger partial charge on any atom is 0.0474 e. The number of nitrogens with one attached hydrogen (secondary N) is 1. The zero-order valence-electron chi connectivity index (χ0n) is 7.29. The highest BCUT2D eigenvalue weighted by atomic mass is 32.1. The molecule has 1 aliphatic heterocycles. The molecule has 0 saturated carbocycles. The Morgan fingerprint density at radius 2 is 2.23 bits per heavy atom. The molecule has 0 amide bonds. The smallest absolute Gasteiger partial charge is 0.0474 e. The molecule has 0 unspecified atom stereocenters. The largest absolute Gasteiger partial charge is 0.361 e. The molecule has 13 heavy (non-hydrogen) atoms. The fraction of sp³-hybridized carbons (Fsp3) is 0.0909. The molecule has 64 valence electrons. The van der Waals surface area contributed by atoms with Crippen LogP contribution >= 0.6 is 11.3 Å². The highest BCUT2D eigenvalue weighted by Gasteiger charge is 2.10. The van der Waals surface area contributed by atoms with Gasteiger partial charge in [0.15, 0.2) is 0 Å². The molecule has 0 radical (unpaired) electrons. The molecule has 1 N–H and O–H groups in total. The molecule has 1 aromatic heterocycles. The molecule has 0 aromatic carbocycles.